The molecule has 5 heterocycles. The van der Waals surface area contributed by atoms with Gasteiger partial charge in [0.1, 0.15) is 122 Å². The number of ether oxygens (including phenoxy) is 10. The van der Waals surface area contributed by atoms with Crippen LogP contribution in [-0.4, -0.2) is 299 Å². The van der Waals surface area contributed by atoms with Crippen LogP contribution in [0, 0.1) is 0 Å². The summed E-state index contributed by atoms with van der Waals surface area (Å²) < 4.78 is 58.3. The molecule has 5 saturated heterocycles. The van der Waals surface area contributed by atoms with Crippen molar-refractivity contribution < 1.29 is 139 Å². The Hall–Kier alpha value is -2.36. The number of hydrogen-bond acceptors (Lipinski definition) is 28. The molecule has 5 aliphatic rings. The highest BCUT2D eigenvalue weighted by Crippen LogP contribution is 2.36. The van der Waals surface area contributed by atoms with Crippen LogP contribution in [0.4, 0.5) is 0 Å². The number of aliphatic hydroxyl groups is 16. The number of unbranched alkanes of at least 4 members (excludes halogenated alkanes) is 25. The van der Waals surface area contributed by atoms with Gasteiger partial charge in [-0.3, -0.25) is 9.59 Å². The van der Waals surface area contributed by atoms with Crippen molar-refractivity contribution in [2.75, 3.05) is 39.6 Å². The molecule has 2 amide bonds. The summed E-state index contributed by atoms with van der Waals surface area (Å²) >= 11 is 0. The molecule has 574 valence electrons. The Balaban J connectivity index is 1.21. The van der Waals surface area contributed by atoms with E-state index in [1.807, 2.05) is 6.08 Å². The number of aliphatic hydroxyl groups excluding tert-OH is 16. The molecule has 30 nitrogen and oxygen atoms in total. The highest BCUT2D eigenvalue weighted by Gasteiger charge is 2.57. The summed E-state index contributed by atoms with van der Waals surface area (Å²) in [6, 6.07) is -2.81. The topological polar surface area (TPSA) is 474 Å². The van der Waals surface area contributed by atoms with Crippen molar-refractivity contribution in [1.82, 2.24) is 10.6 Å². The van der Waals surface area contributed by atoms with Crippen LogP contribution >= 0.6 is 0 Å². The number of nitrogens with one attached hydrogen (secondary N) is 2. The fraction of sp³-hybridized carbons (Fsp3) is 0.941. The van der Waals surface area contributed by atoms with Crippen molar-refractivity contribution in [3.8, 4) is 0 Å². The van der Waals surface area contributed by atoms with Crippen LogP contribution in [0.5, 0.6) is 0 Å². The largest absolute Gasteiger partial charge is 0.394 e. The summed E-state index contributed by atoms with van der Waals surface area (Å²) in [6.07, 6.45) is -11.4. The third-order valence-electron chi connectivity index (χ3n) is 19.2. The number of carbonyl (C=O) groups is 2. The number of carbonyl (C=O) groups excluding carboxylic acids is 2. The van der Waals surface area contributed by atoms with E-state index in [1.54, 1.807) is 6.08 Å². The molecule has 0 bridgehead atoms. The Labute approximate surface area is 577 Å². The van der Waals surface area contributed by atoms with Gasteiger partial charge in [-0.2, -0.15) is 0 Å². The van der Waals surface area contributed by atoms with Crippen LogP contribution in [-0.2, 0) is 57.0 Å². The first-order valence-corrected chi connectivity index (χ1v) is 36.5. The van der Waals surface area contributed by atoms with E-state index in [-0.39, 0.29) is 12.3 Å². The smallest absolute Gasteiger partial charge is 0.220 e. The summed E-state index contributed by atoms with van der Waals surface area (Å²) in [6.45, 7) is 0.333. The van der Waals surface area contributed by atoms with E-state index < -0.39 is 211 Å². The van der Waals surface area contributed by atoms with Crippen LogP contribution in [0.2, 0.25) is 0 Å². The maximum Gasteiger partial charge on any atom is 0.220 e. The molecule has 10 unspecified atom stereocenters. The fourth-order valence-corrected chi connectivity index (χ4v) is 13.2. The van der Waals surface area contributed by atoms with Crippen LogP contribution in [0.1, 0.15) is 201 Å². The van der Waals surface area contributed by atoms with E-state index in [2.05, 4.69) is 24.5 Å². The SMILES string of the molecule is CCCCCCCCCCCCC/C=C/[C@@H](O)[C@H](CO[C@@H]1OC(CO)[C@@H](O[C@@H]2OC(CO)[C@H](O)[C@H](O[C@@H]3OC(CO)[C@@H](O[C@@H]4OC(CO)[C@H](O)[C@H](O[C@@H]5OC(CO)[C@H](O)[C@H](O)C5O)C4O)[C@H](O)C3NC(C)=O)C2O)[C@H](O)C1O)NC(=O)CCCCCCCCCCCCCCCCC. The molecule has 0 aromatic rings. The quantitative estimate of drug-likeness (QED) is 0.0272. The van der Waals surface area contributed by atoms with Crippen molar-refractivity contribution in [2.45, 2.75) is 366 Å². The van der Waals surface area contributed by atoms with Crippen molar-refractivity contribution >= 4 is 11.8 Å². The second-order valence-electron chi connectivity index (χ2n) is 27.1. The van der Waals surface area contributed by atoms with Gasteiger partial charge in [-0.25, -0.2) is 0 Å². The predicted molar refractivity (Wildman–Crippen MR) is 350 cm³/mol. The van der Waals surface area contributed by atoms with Crippen molar-refractivity contribution in [3.63, 3.8) is 0 Å². The minimum absolute atomic E-state index is 0.193. The molecule has 30 heteroatoms. The molecule has 0 spiro atoms. The molecule has 98 heavy (non-hydrogen) atoms. The summed E-state index contributed by atoms with van der Waals surface area (Å²) in [5.41, 5.74) is 0. The molecule has 27 atom stereocenters. The monoisotopic (exact) mass is 1420 g/mol. The zero-order valence-corrected chi connectivity index (χ0v) is 57.8. The van der Waals surface area contributed by atoms with Crippen molar-refractivity contribution in [2.24, 2.45) is 0 Å². The lowest BCUT2D eigenvalue weighted by molar-refractivity contribution is -0.387. The third-order valence-corrected chi connectivity index (χ3v) is 19.2. The van der Waals surface area contributed by atoms with Gasteiger partial charge in [-0.1, -0.05) is 180 Å². The zero-order valence-electron chi connectivity index (χ0n) is 57.8. The summed E-state index contributed by atoms with van der Waals surface area (Å²) in [7, 11) is 0. The molecule has 5 fully saturated rings. The van der Waals surface area contributed by atoms with Crippen molar-refractivity contribution in [1.29, 1.82) is 0 Å². The van der Waals surface area contributed by atoms with Gasteiger partial charge in [-0.05, 0) is 19.3 Å². The predicted octanol–water partition coefficient (Wildman–Crippen LogP) is -0.392. The lowest BCUT2D eigenvalue weighted by Gasteiger charge is -2.50. The Bertz CT molecular complexity index is 2150. The number of rotatable bonds is 48. The average molecular weight is 1420 g/mol. The third kappa shape index (κ3) is 27.0. The van der Waals surface area contributed by atoms with Gasteiger partial charge in [0.2, 0.25) is 11.8 Å². The van der Waals surface area contributed by atoms with Crippen LogP contribution in [0.3, 0.4) is 0 Å². The number of amides is 2. The summed E-state index contributed by atoms with van der Waals surface area (Å²) in [5.74, 6) is -1.15. The van der Waals surface area contributed by atoms with Gasteiger partial charge in [0.25, 0.3) is 0 Å². The average Bonchev–Trinajstić information content (AvgIpc) is 0.778. The van der Waals surface area contributed by atoms with E-state index in [4.69, 9.17) is 47.4 Å². The van der Waals surface area contributed by atoms with E-state index in [0.29, 0.717) is 12.8 Å². The van der Waals surface area contributed by atoms with Gasteiger partial charge in [0, 0.05) is 13.3 Å². The molecular formula is C68H124N2O28. The molecule has 0 aromatic heterocycles. The number of hydrogen-bond donors (Lipinski definition) is 18. The summed E-state index contributed by atoms with van der Waals surface area (Å²) in [4.78, 5) is 26.2. The van der Waals surface area contributed by atoms with E-state index >= 15 is 0 Å². The first-order chi connectivity index (χ1) is 47.2. The number of allylic oxidation sites excluding steroid dienone is 1. The van der Waals surface area contributed by atoms with E-state index in [1.165, 1.54) is 116 Å². The minimum Gasteiger partial charge on any atom is -0.394 e. The molecule has 0 aliphatic carbocycles. The lowest BCUT2D eigenvalue weighted by Crippen LogP contribution is -2.70. The Kier molecular flexibility index (Phi) is 41.5. The second kappa shape index (κ2) is 47.2. The van der Waals surface area contributed by atoms with Gasteiger partial charge in [-0.15, -0.1) is 0 Å². The standard InChI is InChI=1S/C68H124N2O28/c1-4-6-8-10-12-14-16-18-19-21-23-25-27-29-31-33-48(78)70-41(42(77)32-30-28-26-24-22-20-17-15-13-11-9-7-5-2)39-89-65-57(86)55(84)61(47(38-75)94-65)96-68-58(87)62(51(80)44(35-72)92-68)97-64-49(69-40(3)76)53(82)60(46(37-74)93-64)95-67-59(88)63(52(81)45(36-73)91-67)98-66-56(85)54(83)50(79)43(34-71)90-66/h30,32,41-47,49-68,71-75,77,79-88H,4-29,31,33-39H2,1-3H3,(H,69,76)(H,70,78)/b32-30+/t41-,42+,43?,44?,45?,46?,47?,49?,50-,51-,52-,53+,54-,55+,56?,57?,58?,59?,60+,61+,62-,63-,64-,65+,66-,67-,68-/m0/s1. The van der Waals surface area contributed by atoms with E-state index in [9.17, 15) is 91.3 Å². The van der Waals surface area contributed by atoms with Gasteiger partial charge in [0.05, 0.1) is 51.8 Å². The first kappa shape index (κ1) is 86.3. The highest BCUT2D eigenvalue weighted by molar-refractivity contribution is 5.76. The molecule has 5 rings (SSSR count). The molecule has 0 radical (unpaired) electrons. The van der Waals surface area contributed by atoms with Gasteiger partial charge < -0.3 is 140 Å². The molecular weight excluding hydrogens is 1290 g/mol. The summed E-state index contributed by atoms with van der Waals surface area (Å²) in [5, 5.41) is 181. The van der Waals surface area contributed by atoms with Gasteiger partial charge in [0.15, 0.2) is 31.5 Å². The zero-order chi connectivity index (χ0) is 71.7. The minimum atomic E-state index is -2.15. The van der Waals surface area contributed by atoms with Crippen LogP contribution in [0.25, 0.3) is 0 Å². The Morgan fingerprint density at radius 2 is 0.755 bits per heavy atom. The normalized spacial score (nSPS) is 36.1. The second-order valence-corrected chi connectivity index (χ2v) is 27.1. The molecule has 0 saturated carbocycles. The molecule has 18 N–H and O–H groups in total. The maximum atomic E-state index is 13.5. The first-order valence-electron chi connectivity index (χ1n) is 36.5. The van der Waals surface area contributed by atoms with Crippen LogP contribution < -0.4 is 10.6 Å². The Morgan fingerprint density at radius 3 is 1.19 bits per heavy atom. The molecule has 5 aliphatic heterocycles. The van der Waals surface area contributed by atoms with Gasteiger partial charge >= 0.3 is 0 Å². The lowest BCUT2D eigenvalue weighted by atomic mass is 9.94. The fourth-order valence-electron chi connectivity index (χ4n) is 13.2. The van der Waals surface area contributed by atoms with E-state index in [0.717, 1.165) is 51.9 Å². The molecule has 0 aromatic carbocycles. The van der Waals surface area contributed by atoms with Crippen LogP contribution in [0.15, 0.2) is 12.2 Å². The Morgan fingerprint density at radius 1 is 0.398 bits per heavy atom. The maximum absolute atomic E-state index is 13.5. The highest BCUT2D eigenvalue weighted by atomic mass is 16.8. The van der Waals surface area contributed by atoms with Crippen molar-refractivity contribution in [3.05, 3.63) is 12.2 Å².